The van der Waals surface area contributed by atoms with Crippen molar-refractivity contribution in [1.29, 1.82) is 0 Å². The third-order valence-electron chi connectivity index (χ3n) is 6.05. The van der Waals surface area contributed by atoms with Gasteiger partial charge in [-0.2, -0.15) is 0 Å². The van der Waals surface area contributed by atoms with Gasteiger partial charge in [0.2, 0.25) is 5.75 Å². The minimum Gasteiger partial charge on any atom is -0.493 e. The molecule has 0 aromatic heterocycles. The minimum atomic E-state index is -0.253. The highest BCUT2D eigenvalue weighted by atomic mass is 16.5. The molecule has 0 saturated carbocycles. The van der Waals surface area contributed by atoms with E-state index >= 15 is 0 Å². The van der Waals surface area contributed by atoms with Crippen molar-refractivity contribution in [2.45, 2.75) is 12.8 Å². The maximum absolute atomic E-state index is 12.5. The Labute approximate surface area is 175 Å². The Kier molecular flexibility index (Phi) is 5.37. The largest absolute Gasteiger partial charge is 0.493 e. The monoisotopic (exact) mass is 414 g/mol. The molecule has 30 heavy (non-hydrogen) atoms. The van der Waals surface area contributed by atoms with Crippen LogP contribution in [0.25, 0.3) is 11.1 Å². The maximum Gasteiger partial charge on any atom is 0.309 e. The Morgan fingerprint density at radius 1 is 0.767 bits per heavy atom. The third-order valence-corrected chi connectivity index (χ3v) is 6.05. The number of hydrogen-bond donors (Lipinski definition) is 0. The van der Waals surface area contributed by atoms with Crippen LogP contribution >= 0.6 is 0 Å². The fourth-order valence-corrected chi connectivity index (χ4v) is 4.56. The van der Waals surface area contributed by atoms with Crippen molar-refractivity contribution >= 4 is 5.97 Å². The van der Waals surface area contributed by atoms with Crippen molar-refractivity contribution in [3.8, 4) is 39.9 Å². The summed E-state index contributed by atoms with van der Waals surface area (Å²) in [5.41, 5.74) is 3.84. The number of fused-ring (bicyclic) bond motifs is 4. The van der Waals surface area contributed by atoms with Gasteiger partial charge in [0, 0.05) is 11.5 Å². The molecule has 7 heteroatoms. The Morgan fingerprint density at radius 2 is 1.40 bits per heavy atom. The van der Waals surface area contributed by atoms with Gasteiger partial charge in [0.25, 0.3) is 0 Å². The van der Waals surface area contributed by atoms with Crippen LogP contribution in [0, 0.1) is 11.8 Å². The number of cyclic esters (lactones) is 1. The lowest BCUT2D eigenvalue weighted by molar-refractivity contribution is -0.141. The summed E-state index contributed by atoms with van der Waals surface area (Å²) in [6.45, 7) is 0.405. The van der Waals surface area contributed by atoms with Crippen LogP contribution in [-0.4, -0.2) is 48.1 Å². The lowest BCUT2D eigenvalue weighted by Gasteiger charge is -2.27. The number of benzene rings is 2. The molecular weight excluding hydrogens is 388 g/mol. The smallest absolute Gasteiger partial charge is 0.309 e. The molecule has 2 aromatic carbocycles. The topological polar surface area (TPSA) is 72.5 Å². The average Bonchev–Trinajstić information content (AvgIpc) is 3.10. The van der Waals surface area contributed by atoms with E-state index in [2.05, 4.69) is 0 Å². The van der Waals surface area contributed by atoms with Crippen LogP contribution in [0.1, 0.15) is 11.1 Å². The Morgan fingerprint density at radius 3 is 2.03 bits per heavy atom. The normalized spacial score (nSPS) is 19.4. The van der Waals surface area contributed by atoms with Crippen LogP contribution in [0.4, 0.5) is 0 Å². The summed E-state index contributed by atoms with van der Waals surface area (Å²) < 4.78 is 33.5. The standard InChI is InChI=1S/C23H26O7/c1-25-18-7-12-6-13-11-30-23(24)15(13)8-17-16(14(12)9-19(18)26-2)10-20(27-3)22(29-5)21(17)28-4/h7,9-10,13,15H,6,8,11H2,1-5H3/t13-,15+/m0/s1. The van der Waals surface area contributed by atoms with Crippen LogP contribution in [0.15, 0.2) is 18.2 Å². The molecule has 0 unspecified atom stereocenters. The number of methoxy groups -OCH3 is 5. The van der Waals surface area contributed by atoms with E-state index in [1.807, 2.05) is 18.2 Å². The van der Waals surface area contributed by atoms with Gasteiger partial charge in [-0.05, 0) is 47.7 Å². The molecule has 1 aliphatic heterocycles. The number of esters is 1. The van der Waals surface area contributed by atoms with Crippen molar-refractivity contribution in [3.63, 3.8) is 0 Å². The lowest BCUT2D eigenvalue weighted by Crippen LogP contribution is -2.23. The van der Waals surface area contributed by atoms with Crippen molar-refractivity contribution in [2.75, 3.05) is 42.2 Å². The highest BCUT2D eigenvalue weighted by Crippen LogP contribution is 2.50. The van der Waals surface area contributed by atoms with Crippen LogP contribution in [0.3, 0.4) is 0 Å². The average molecular weight is 414 g/mol. The molecule has 0 bridgehead atoms. The maximum atomic E-state index is 12.5. The fraction of sp³-hybridized carbons (Fsp3) is 0.435. The number of rotatable bonds is 5. The fourth-order valence-electron chi connectivity index (χ4n) is 4.56. The van der Waals surface area contributed by atoms with Crippen LogP contribution < -0.4 is 23.7 Å². The summed E-state index contributed by atoms with van der Waals surface area (Å²) >= 11 is 0. The molecule has 2 aromatic rings. The lowest BCUT2D eigenvalue weighted by atomic mass is 9.77. The summed E-state index contributed by atoms with van der Waals surface area (Å²) in [6.07, 6.45) is 1.19. The van der Waals surface area contributed by atoms with E-state index in [9.17, 15) is 4.79 Å². The molecule has 2 atom stereocenters. The Hall–Kier alpha value is -3.09. The molecule has 7 nitrogen and oxygen atoms in total. The number of carbonyl (C=O) groups is 1. The number of hydrogen-bond acceptors (Lipinski definition) is 7. The Balaban J connectivity index is 2.05. The van der Waals surface area contributed by atoms with Gasteiger partial charge < -0.3 is 28.4 Å². The van der Waals surface area contributed by atoms with Gasteiger partial charge in [-0.15, -0.1) is 0 Å². The summed E-state index contributed by atoms with van der Waals surface area (Å²) in [5.74, 6) is 2.54. The molecule has 1 aliphatic carbocycles. The summed E-state index contributed by atoms with van der Waals surface area (Å²) in [7, 11) is 7.98. The zero-order valence-corrected chi connectivity index (χ0v) is 17.9. The number of ether oxygens (including phenoxy) is 6. The molecular formula is C23H26O7. The van der Waals surface area contributed by atoms with E-state index in [1.165, 1.54) is 0 Å². The molecule has 2 aliphatic rings. The summed E-state index contributed by atoms with van der Waals surface area (Å²) in [6, 6.07) is 5.88. The highest BCUT2D eigenvalue weighted by Gasteiger charge is 2.41. The van der Waals surface area contributed by atoms with Crippen molar-refractivity contribution < 1.29 is 33.2 Å². The predicted octanol–water partition coefficient (Wildman–Crippen LogP) is 3.28. The quantitative estimate of drug-likeness (QED) is 0.695. The van der Waals surface area contributed by atoms with Crippen molar-refractivity contribution in [2.24, 2.45) is 11.8 Å². The van der Waals surface area contributed by atoms with Gasteiger partial charge in [-0.1, -0.05) is 0 Å². The zero-order chi connectivity index (χ0) is 21.4. The molecule has 160 valence electrons. The molecule has 1 saturated heterocycles. The molecule has 0 radical (unpaired) electrons. The third kappa shape index (κ3) is 3.09. The molecule has 0 amide bonds. The second kappa shape index (κ2) is 7.97. The Bertz CT molecular complexity index is 982. The van der Waals surface area contributed by atoms with Gasteiger partial charge in [-0.3, -0.25) is 4.79 Å². The summed E-state index contributed by atoms with van der Waals surface area (Å²) in [5, 5.41) is 0. The highest BCUT2D eigenvalue weighted by molar-refractivity contribution is 5.83. The van der Waals surface area contributed by atoms with E-state index in [0.29, 0.717) is 48.2 Å². The van der Waals surface area contributed by atoms with Crippen LogP contribution in [0.5, 0.6) is 28.7 Å². The van der Waals surface area contributed by atoms with E-state index in [4.69, 9.17) is 28.4 Å². The minimum absolute atomic E-state index is 0.0697. The van der Waals surface area contributed by atoms with Gasteiger partial charge in [0.05, 0.1) is 48.1 Å². The first-order chi connectivity index (χ1) is 14.6. The van der Waals surface area contributed by atoms with E-state index in [1.54, 1.807) is 35.5 Å². The first kappa shape index (κ1) is 20.2. The van der Waals surface area contributed by atoms with E-state index in [0.717, 1.165) is 22.3 Å². The van der Waals surface area contributed by atoms with Crippen molar-refractivity contribution in [3.05, 3.63) is 29.3 Å². The second-order valence-corrected chi connectivity index (χ2v) is 7.44. The van der Waals surface area contributed by atoms with Gasteiger partial charge in [-0.25, -0.2) is 0 Å². The first-order valence-electron chi connectivity index (χ1n) is 9.79. The first-order valence-corrected chi connectivity index (χ1v) is 9.79. The van der Waals surface area contributed by atoms with Crippen molar-refractivity contribution in [1.82, 2.24) is 0 Å². The molecule has 1 heterocycles. The van der Waals surface area contributed by atoms with E-state index < -0.39 is 0 Å². The molecule has 0 spiro atoms. The van der Waals surface area contributed by atoms with Gasteiger partial charge in [0.15, 0.2) is 23.0 Å². The predicted molar refractivity (Wildman–Crippen MR) is 110 cm³/mol. The SMILES string of the molecule is COc1cc2c(cc1OC)-c1cc(OC)c(OC)c(OC)c1C[C@H]1C(=O)OC[C@@H]1C2. The number of carbonyl (C=O) groups excluding carboxylic acids is 1. The van der Waals surface area contributed by atoms with Gasteiger partial charge in [0.1, 0.15) is 0 Å². The summed E-state index contributed by atoms with van der Waals surface area (Å²) in [4.78, 5) is 12.5. The molecule has 1 fully saturated rings. The molecule has 4 rings (SSSR count). The van der Waals surface area contributed by atoms with Crippen LogP contribution in [-0.2, 0) is 22.4 Å². The van der Waals surface area contributed by atoms with Crippen LogP contribution in [0.2, 0.25) is 0 Å². The second-order valence-electron chi connectivity index (χ2n) is 7.44. The van der Waals surface area contributed by atoms with Gasteiger partial charge >= 0.3 is 5.97 Å². The van der Waals surface area contributed by atoms with E-state index in [-0.39, 0.29) is 17.8 Å². The zero-order valence-electron chi connectivity index (χ0n) is 17.9. The molecule has 0 N–H and O–H groups in total.